The summed E-state index contributed by atoms with van der Waals surface area (Å²) in [5, 5.41) is 6.46. The largest absolute Gasteiger partial charge is 0.490 e. The number of ether oxygens (including phenoxy) is 2. The van der Waals surface area contributed by atoms with Crippen molar-refractivity contribution in [3.05, 3.63) is 53.6 Å². The lowest BCUT2D eigenvalue weighted by atomic mass is 10.1. The van der Waals surface area contributed by atoms with Gasteiger partial charge in [0.15, 0.2) is 17.5 Å². The van der Waals surface area contributed by atoms with E-state index in [-0.39, 0.29) is 36.3 Å². The van der Waals surface area contributed by atoms with Crippen molar-refractivity contribution in [1.82, 2.24) is 10.0 Å². The third kappa shape index (κ3) is 8.14. The summed E-state index contributed by atoms with van der Waals surface area (Å²) in [6.45, 7) is 6.06. The van der Waals surface area contributed by atoms with Gasteiger partial charge in [0.1, 0.15) is 0 Å². The normalized spacial score (nSPS) is 13.6. The zero-order valence-electron chi connectivity index (χ0n) is 18.4. The van der Waals surface area contributed by atoms with Crippen LogP contribution >= 0.6 is 24.0 Å². The molecule has 0 aliphatic carbocycles. The molecule has 0 unspecified atom stereocenters. The topological polar surface area (TPSA) is 101 Å². The predicted octanol–water partition coefficient (Wildman–Crippen LogP) is 3.27. The Kier molecular flexibility index (Phi) is 10.5. The molecule has 2 aromatic rings. The van der Waals surface area contributed by atoms with Crippen molar-refractivity contribution in [1.29, 1.82) is 0 Å². The highest BCUT2D eigenvalue weighted by Crippen LogP contribution is 2.32. The van der Waals surface area contributed by atoms with E-state index in [0.29, 0.717) is 38.0 Å². The minimum Gasteiger partial charge on any atom is -0.490 e. The molecule has 176 valence electrons. The van der Waals surface area contributed by atoms with E-state index in [1.807, 2.05) is 36.4 Å². The van der Waals surface area contributed by atoms with Crippen LogP contribution < -0.4 is 24.8 Å². The van der Waals surface area contributed by atoms with Gasteiger partial charge >= 0.3 is 0 Å². The predicted molar refractivity (Wildman–Crippen MR) is 139 cm³/mol. The summed E-state index contributed by atoms with van der Waals surface area (Å²) in [5.41, 5.74) is 3.08. The second-order valence-corrected chi connectivity index (χ2v) is 9.25. The van der Waals surface area contributed by atoms with Crippen molar-refractivity contribution < 1.29 is 17.9 Å². The highest BCUT2D eigenvalue weighted by atomic mass is 127. The maximum atomic E-state index is 11.6. The van der Waals surface area contributed by atoms with Crippen molar-refractivity contribution in [2.75, 3.05) is 37.4 Å². The standard InChI is InChI=1S/C22H30N4O4S.HI/c1-3-31(27,28)25-12-11-23-22(24-16-18-8-5-4-7-17(18)2)26-19-9-10-20-21(15-19)30-14-6-13-29-20;/h4-5,7-10,15,25H,3,6,11-14,16H2,1-2H3,(H2,23,24,26);1H. The Hall–Kier alpha value is -2.05. The summed E-state index contributed by atoms with van der Waals surface area (Å²) in [4.78, 5) is 4.68. The quantitative estimate of drug-likeness (QED) is 0.194. The Morgan fingerprint density at radius 1 is 1.06 bits per heavy atom. The first-order chi connectivity index (χ1) is 15.0. The molecule has 0 atom stereocenters. The average Bonchev–Trinajstić information content (AvgIpc) is 3.01. The molecule has 10 heteroatoms. The van der Waals surface area contributed by atoms with Crippen LogP contribution in [0.5, 0.6) is 11.5 Å². The second kappa shape index (κ2) is 12.9. The van der Waals surface area contributed by atoms with Crippen molar-refractivity contribution in [2.45, 2.75) is 26.8 Å². The summed E-state index contributed by atoms with van der Waals surface area (Å²) in [7, 11) is -3.23. The van der Waals surface area contributed by atoms with Gasteiger partial charge in [-0.2, -0.15) is 0 Å². The molecule has 0 spiro atoms. The molecule has 0 aromatic heterocycles. The van der Waals surface area contributed by atoms with Crippen LogP contribution in [-0.4, -0.2) is 46.4 Å². The van der Waals surface area contributed by atoms with Crippen molar-refractivity contribution >= 4 is 45.6 Å². The molecule has 0 bridgehead atoms. The van der Waals surface area contributed by atoms with Gasteiger partial charge in [-0.25, -0.2) is 18.1 Å². The molecule has 2 aromatic carbocycles. The van der Waals surface area contributed by atoms with Gasteiger partial charge in [-0.05, 0) is 37.1 Å². The van der Waals surface area contributed by atoms with Gasteiger partial charge in [0.05, 0.1) is 25.5 Å². The molecule has 0 radical (unpaired) electrons. The minimum absolute atomic E-state index is 0. The summed E-state index contributed by atoms with van der Waals surface area (Å²) in [6.07, 6.45) is 0.843. The number of hydrogen-bond donors (Lipinski definition) is 3. The fourth-order valence-electron chi connectivity index (χ4n) is 2.96. The fraction of sp³-hybridized carbons (Fsp3) is 0.409. The summed E-state index contributed by atoms with van der Waals surface area (Å²) < 4.78 is 37.3. The van der Waals surface area contributed by atoms with Crippen LogP contribution in [0.1, 0.15) is 24.5 Å². The van der Waals surface area contributed by atoms with Crippen LogP contribution in [0.4, 0.5) is 5.69 Å². The maximum Gasteiger partial charge on any atom is 0.211 e. The van der Waals surface area contributed by atoms with E-state index in [0.717, 1.165) is 29.0 Å². The van der Waals surface area contributed by atoms with Crippen molar-refractivity contribution in [3.63, 3.8) is 0 Å². The Bertz CT molecular complexity index is 1010. The summed E-state index contributed by atoms with van der Waals surface area (Å²) >= 11 is 0. The molecule has 1 aliphatic heterocycles. The van der Waals surface area contributed by atoms with Crippen molar-refractivity contribution in [2.24, 2.45) is 4.99 Å². The van der Waals surface area contributed by atoms with E-state index in [9.17, 15) is 8.42 Å². The molecule has 0 saturated carbocycles. The number of anilines is 1. The third-order valence-electron chi connectivity index (χ3n) is 4.80. The second-order valence-electron chi connectivity index (χ2n) is 7.15. The lowest BCUT2D eigenvalue weighted by Gasteiger charge is -2.15. The Labute approximate surface area is 207 Å². The number of fused-ring (bicyclic) bond motifs is 1. The van der Waals surface area contributed by atoms with Gasteiger partial charge < -0.3 is 20.1 Å². The van der Waals surface area contributed by atoms with Gasteiger partial charge in [-0.1, -0.05) is 24.3 Å². The number of guanidine groups is 1. The van der Waals surface area contributed by atoms with Crippen LogP contribution in [0.2, 0.25) is 0 Å². The van der Waals surface area contributed by atoms with Gasteiger partial charge in [0.2, 0.25) is 10.0 Å². The number of rotatable bonds is 8. The van der Waals surface area contributed by atoms with Gasteiger partial charge in [0.25, 0.3) is 0 Å². The summed E-state index contributed by atoms with van der Waals surface area (Å²) in [5.74, 6) is 2.02. The van der Waals surface area contributed by atoms with E-state index in [4.69, 9.17) is 9.47 Å². The molecule has 0 amide bonds. The molecule has 1 aliphatic rings. The Balaban J connectivity index is 0.00000363. The highest BCUT2D eigenvalue weighted by molar-refractivity contribution is 14.0. The monoisotopic (exact) mass is 574 g/mol. The van der Waals surface area contributed by atoms with Crippen LogP contribution in [0.25, 0.3) is 0 Å². The SMILES string of the molecule is CCS(=O)(=O)NCCNC(=NCc1ccccc1C)Nc1ccc2c(c1)OCCCO2.I. The smallest absolute Gasteiger partial charge is 0.211 e. The number of halogens is 1. The molecular weight excluding hydrogens is 543 g/mol. The molecule has 8 nitrogen and oxygen atoms in total. The van der Waals surface area contributed by atoms with Gasteiger partial charge in [-0.3, -0.25) is 0 Å². The van der Waals surface area contributed by atoms with Gasteiger partial charge in [-0.15, -0.1) is 24.0 Å². The minimum atomic E-state index is -3.23. The number of aryl methyl sites for hydroxylation is 1. The Morgan fingerprint density at radius 3 is 2.56 bits per heavy atom. The molecule has 3 rings (SSSR count). The van der Waals surface area contributed by atoms with E-state index in [1.54, 1.807) is 6.92 Å². The lowest BCUT2D eigenvalue weighted by Crippen LogP contribution is -2.38. The number of nitrogens with one attached hydrogen (secondary N) is 3. The maximum absolute atomic E-state index is 11.6. The van der Waals surface area contributed by atoms with Crippen LogP contribution in [0.3, 0.4) is 0 Å². The summed E-state index contributed by atoms with van der Waals surface area (Å²) in [6, 6.07) is 13.7. The van der Waals surface area contributed by atoms with E-state index >= 15 is 0 Å². The molecule has 1 heterocycles. The first-order valence-electron chi connectivity index (χ1n) is 10.4. The first-order valence-corrected chi connectivity index (χ1v) is 12.1. The third-order valence-corrected chi connectivity index (χ3v) is 6.20. The first kappa shape index (κ1) is 26.2. The van der Waals surface area contributed by atoms with E-state index < -0.39 is 10.0 Å². The average molecular weight is 574 g/mol. The molecule has 32 heavy (non-hydrogen) atoms. The van der Waals surface area contributed by atoms with Gasteiger partial charge in [0, 0.05) is 31.3 Å². The number of benzene rings is 2. The van der Waals surface area contributed by atoms with Crippen molar-refractivity contribution in [3.8, 4) is 11.5 Å². The highest BCUT2D eigenvalue weighted by Gasteiger charge is 2.12. The molecule has 0 fully saturated rings. The Morgan fingerprint density at radius 2 is 1.81 bits per heavy atom. The molecular formula is C22H31IN4O4S. The molecule has 3 N–H and O–H groups in total. The number of hydrogen-bond acceptors (Lipinski definition) is 5. The zero-order chi connectivity index (χ0) is 22.1. The fourth-order valence-corrected chi connectivity index (χ4v) is 3.58. The van der Waals surface area contributed by atoms with Crippen LogP contribution in [0, 0.1) is 6.92 Å². The van der Waals surface area contributed by atoms with Crippen LogP contribution in [-0.2, 0) is 16.6 Å². The molecule has 0 saturated heterocycles. The number of sulfonamides is 1. The van der Waals surface area contributed by atoms with E-state index in [1.165, 1.54) is 0 Å². The lowest BCUT2D eigenvalue weighted by molar-refractivity contribution is 0.297. The zero-order valence-corrected chi connectivity index (χ0v) is 21.5. The van der Waals surface area contributed by atoms with E-state index in [2.05, 4.69) is 33.3 Å². The van der Waals surface area contributed by atoms with Crippen LogP contribution in [0.15, 0.2) is 47.5 Å². The number of nitrogens with zero attached hydrogens (tertiary/aromatic N) is 1. The number of aliphatic imine (C=N–C) groups is 1.